The maximum Gasteiger partial charge on any atom is 0.221 e. The van der Waals surface area contributed by atoms with E-state index in [1.807, 2.05) is 12.1 Å². The van der Waals surface area contributed by atoms with Crippen LogP contribution in [0.3, 0.4) is 0 Å². The van der Waals surface area contributed by atoms with Gasteiger partial charge in [0.15, 0.2) is 0 Å². The first-order valence-electron chi connectivity index (χ1n) is 6.71. The van der Waals surface area contributed by atoms with Crippen molar-refractivity contribution in [1.29, 1.82) is 0 Å². The molecule has 0 unspecified atom stereocenters. The Morgan fingerprint density at radius 1 is 1.32 bits per heavy atom. The van der Waals surface area contributed by atoms with E-state index in [1.165, 1.54) is 12.5 Å². The summed E-state index contributed by atoms with van der Waals surface area (Å²) in [6.45, 7) is 13.0. The van der Waals surface area contributed by atoms with Crippen LogP contribution in [-0.4, -0.2) is 12.5 Å². The van der Waals surface area contributed by atoms with Gasteiger partial charge in [-0.1, -0.05) is 34.6 Å². The average molecular weight is 261 g/mol. The van der Waals surface area contributed by atoms with Gasteiger partial charge < -0.3 is 10.1 Å². The summed E-state index contributed by atoms with van der Waals surface area (Å²) >= 11 is 0. The molecule has 1 heterocycles. The number of amides is 1. The fourth-order valence-electron chi connectivity index (χ4n) is 2.45. The second-order valence-corrected chi connectivity index (χ2v) is 7.00. The van der Waals surface area contributed by atoms with E-state index in [0.717, 1.165) is 17.0 Å². The van der Waals surface area contributed by atoms with Crippen molar-refractivity contribution in [2.45, 2.75) is 52.4 Å². The molecule has 0 aromatic heterocycles. The minimum atomic E-state index is -0.0449. The van der Waals surface area contributed by atoms with Crippen molar-refractivity contribution in [3.8, 4) is 5.75 Å². The number of carbonyl (C=O) groups excluding carboxylic acids is 1. The fraction of sp³-hybridized carbons (Fsp3) is 0.562. The fourth-order valence-corrected chi connectivity index (χ4v) is 2.45. The molecule has 0 bridgehead atoms. The Kier molecular flexibility index (Phi) is 3.12. The topological polar surface area (TPSA) is 38.3 Å². The van der Waals surface area contributed by atoms with Crippen molar-refractivity contribution in [2.24, 2.45) is 0 Å². The van der Waals surface area contributed by atoms with Crippen LogP contribution in [0.4, 0.5) is 5.69 Å². The van der Waals surface area contributed by atoms with Gasteiger partial charge in [-0.2, -0.15) is 0 Å². The lowest BCUT2D eigenvalue weighted by Gasteiger charge is -2.24. The third-order valence-corrected chi connectivity index (χ3v) is 3.52. The van der Waals surface area contributed by atoms with Crippen molar-refractivity contribution in [2.75, 3.05) is 11.9 Å². The predicted octanol–water partition coefficient (Wildman–Crippen LogP) is 3.61. The van der Waals surface area contributed by atoms with Gasteiger partial charge >= 0.3 is 0 Å². The van der Waals surface area contributed by atoms with E-state index in [1.54, 1.807) is 0 Å². The molecule has 0 atom stereocenters. The molecule has 0 fully saturated rings. The molecule has 1 aromatic carbocycles. The van der Waals surface area contributed by atoms with Crippen molar-refractivity contribution in [3.05, 3.63) is 23.3 Å². The van der Waals surface area contributed by atoms with Crippen LogP contribution in [0.2, 0.25) is 0 Å². The lowest BCUT2D eigenvalue weighted by molar-refractivity contribution is -0.114. The molecule has 0 spiro atoms. The van der Waals surface area contributed by atoms with E-state index >= 15 is 0 Å². The number of fused-ring (bicyclic) bond motifs is 1. The normalized spacial score (nSPS) is 16.7. The molecule has 1 N–H and O–H groups in total. The van der Waals surface area contributed by atoms with Gasteiger partial charge in [-0.25, -0.2) is 0 Å². The predicted molar refractivity (Wildman–Crippen MR) is 78.0 cm³/mol. The molecular weight excluding hydrogens is 238 g/mol. The van der Waals surface area contributed by atoms with Crippen molar-refractivity contribution >= 4 is 11.6 Å². The van der Waals surface area contributed by atoms with Gasteiger partial charge in [0, 0.05) is 29.2 Å². The number of benzene rings is 1. The molecule has 1 aliphatic heterocycles. The SMILES string of the molecule is CC(=O)Nc1cc(C(C)(C)C)c2c(c1)C(C)(C)CO2. The number of carbonyl (C=O) groups is 1. The standard InChI is InChI=1S/C16H23NO2/c1-10(18)17-11-7-12(15(2,3)4)14-13(8-11)16(5,6)9-19-14/h7-8H,9H2,1-6H3,(H,17,18). The summed E-state index contributed by atoms with van der Waals surface area (Å²) in [7, 11) is 0. The summed E-state index contributed by atoms with van der Waals surface area (Å²) in [6, 6.07) is 4.07. The number of anilines is 1. The van der Waals surface area contributed by atoms with E-state index in [2.05, 4.69) is 39.9 Å². The van der Waals surface area contributed by atoms with E-state index in [0.29, 0.717) is 6.61 Å². The monoisotopic (exact) mass is 261 g/mol. The Bertz CT molecular complexity index is 524. The third-order valence-electron chi connectivity index (χ3n) is 3.52. The largest absolute Gasteiger partial charge is 0.492 e. The summed E-state index contributed by atoms with van der Waals surface area (Å²) in [4.78, 5) is 11.3. The highest BCUT2D eigenvalue weighted by Crippen LogP contribution is 2.46. The first-order valence-corrected chi connectivity index (χ1v) is 6.71. The summed E-state index contributed by atoms with van der Waals surface area (Å²) in [5.74, 6) is 0.947. The van der Waals surface area contributed by atoms with Crippen LogP contribution in [0.25, 0.3) is 0 Å². The van der Waals surface area contributed by atoms with Crippen LogP contribution in [0.1, 0.15) is 52.7 Å². The molecule has 104 valence electrons. The van der Waals surface area contributed by atoms with Gasteiger partial charge in [0.2, 0.25) is 5.91 Å². The molecule has 0 aliphatic carbocycles. The number of nitrogens with one attached hydrogen (secondary N) is 1. The molecule has 0 saturated heterocycles. The second-order valence-electron chi connectivity index (χ2n) is 7.00. The van der Waals surface area contributed by atoms with Crippen LogP contribution in [-0.2, 0) is 15.6 Å². The van der Waals surface area contributed by atoms with Gasteiger partial charge in [-0.05, 0) is 17.5 Å². The molecule has 0 radical (unpaired) electrons. The third kappa shape index (κ3) is 2.60. The lowest BCUT2D eigenvalue weighted by Crippen LogP contribution is -2.19. The molecule has 1 aliphatic rings. The lowest BCUT2D eigenvalue weighted by atomic mass is 9.80. The number of hydrogen-bond acceptors (Lipinski definition) is 2. The maximum absolute atomic E-state index is 11.3. The van der Waals surface area contributed by atoms with Crippen molar-refractivity contribution < 1.29 is 9.53 Å². The number of hydrogen-bond donors (Lipinski definition) is 1. The highest BCUT2D eigenvalue weighted by atomic mass is 16.5. The first kappa shape index (κ1) is 13.9. The summed E-state index contributed by atoms with van der Waals surface area (Å²) in [5, 5.41) is 2.89. The maximum atomic E-state index is 11.3. The highest BCUT2D eigenvalue weighted by Gasteiger charge is 2.36. The number of ether oxygens (including phenoxy) is 1. The molecule has 19 heavy (non-hydrogen) atoms. The van der Waals surface area contributed by atoms with E-state index in [9.17, 15) is 4.79 Å². The van der Waals surface area contributed by atoms with Crippen molar-refractivity contribution in [3.63, 3.8) is 0 Å². The zero-order valence-electron chi connectivity index (χ0n) is 12.7. The molecule has 3 nitrogen and oxygen atoms in total. The highest BCUT2D eigenvalue weighted by molar-refractivity contribution is 5.89. The quantitative estimate of drug-likeness (QED) is 0.838. The minimum absolute atomic E-state index is 0.0101. The first-order chi connectivity index (χ1) is 8.61. The Balaban J connectivity index is 2.62. The van der Waals surface area contributed by atoms with Crippen LogP contribution in [0, 0.1) is 0 Å². The Morgan fingerprint density at radius 2 is 1.95 bits per heavy atom. The summed E-state index contributed by atoms with van der Waals surface area (Å²) in [6.07, 6.45) is 0. The molecule has 1 aromatic rings. The van der Waals surface area contributed by atoms with Gasteiger partial charge in [0.1, 0.15) is 5.75 Å². The van der Waals surface area contributed by atoms with Gasteiger partial charge in [-0.15, -0.1) is 0 Å². The van der Waals surface area contributed by atoms with Crippen molar-refractivity contribution in [1.82, 2.24) is 0 Å². The zero-order valence-corrected chi connectivity index (χ0v) is 12.7. The Morgan fingerprint density at radius 3 is 2.47 bits per heavy atom. The van der Waals surface area contributed by atoms with E-state index in [-0.39, 0.29) is 16.7 Å². The molecule has 0 saturated carbocycles. The van der Waals surface area contributed by atoms with E-state index < -0.39 is 0 Å². The summed E-state index contributed by atoms with van der Waals surface area (Å²) in [5.41, 5.74) is 3.17. The summed E-state index contributed by atoms with van der Waals surface area (Å²) < 4.78 is 5.92. The zero-order chi connectivity index (χ0) is 14.4. The Hall–Kier alpha value is -1.51. The van der Waals surface area contributed by atoms with Crippen LogP contribution in [0.15, 0.2) is 12.1 Å². The molecule has 3 heteroatoms. The average Bonchev–Trinajstić information content (AvgIpc) is 2.52. The van der Waals surface area contributed by atoms with Crippen LogP contribution < -0.4 is 10.1 Å². The molecular formula is C16H23NO2. The van der Waals surface area contributed by atoms with Gasteiger partial charge in [0.05, 0.1) is 6.61 Å². The minimum Gasteiger partial charge on any atom is -0.492 e. The smallest absolute Gasteiger partial charge is 0.221 e. The molecule has 2 rings (SSSR count). The number of rotatable bonds is 1. The van der Waals surface area contributed by atoms with Crippen LogP contribution >= 0.6 is 0 Å². The second kappa shape index (κ2) is 4.26. The van der Waals surface area contributed by atoms with Crippen LogP contribution in [0.5, 0.6) is 5.75 Å². The van der Waals surface area contributed by atoms with Gasteiger partial charge in [-0.3, -0.25) is 4.79 Å². The van der Waals surface area contributed by atoms with E-state index in [4.69, 9.17) is 4.74 Å². The van der Waals surface area contributed by atoms with Gasteiger partial charge in [0.25, 0.3) is 0 Å². The Labute approximate surface area is 115 Å². The molecule has 1 amide bonds.